The minimum absolute atomic E-state index is 0.741. The highest BCUT2D eigenvalue weighted by Crippen LogP contribution is 2.38. The molecule has 0 radical (unpaired) electrons. The van der Waals surface area contributed by atoms with Gasteiger partial charge in [-0.1, -0.05) is 28.1 Å². The SMILES string of the molecule is ONc1ccc2c(c1)Cc1cc(Br)ccc1-2. The Kier molecular flexibility index (Phi) is 2.23. The highest BCUT2D eigenvalue weighted by molar-refractivity contribution is 9.10. The van der Waals surface area contributed by atoms with Crippen LogP contribution in [0.2, 0.25) is 0 Å². The van der Waals surface area contributed by atoms with E-state index in [4.69, 9.17) is 5.21 Å². The summed E-state index contributed by atoms with van der Waals surface area (Å²) in [6.45, 7) is 0. The molecule has 0 fully saturated rings. The molecule has 0 heterocycles. The molecule has 80 valence electrons. The van der Waals surface area contributed by atoms with Crippen molar-refractivity contribution in [2.45, 2.75) is 6.42 Å². The molecule has 0 spiro atoms. The van der Waals surface area contributed by atoms with E-state index in [0.717, 1.165) is 16.6 Å². The Labute approximate surface area is 102 Å². The van der Waals surface area contributed by atoms with Crippen LogP contribution in [0, 0.1) is 0 Å². The maximum atomic E-state index is 8.87. The molecule has 0 saturated carbocycles. The quantitative estimate of drug-likeness (QED) is 0.662. The first-order chi connectivity index (χ1) is 7.78. The number of nitrogens with one attached hydrogen (secondary N) is 1. The number of hydrogen-bond acceptors (Lipinski definition) is 2. The summed E-state index contributed by atoms with van der Waals surface area (Å²) < 4.78 is 1.11. The average Bonchev–Trinajstić information content (AvgIpc) is 2.64. The van der Waals surface area contributed by atoms with Gasteiger partial charge in [0.2, 0.25) is 0 Å². The average molecular weight is 276 g/mol. The molecule has 0 atom stereocenters. The Balaban J connectivity index is 2.16. The molecular formula is C13H10BrNO. The predicted octanol–water partition coefficient (Wildman–Crippen LogP) is 3.82. The van der Waals surface area contributed by atoms with Gasteiger partial charge in [-0.3, -0.25) is 10.7 Å². The summed E-state index contributed by atoms with van der Waals surface area (Å²) in [5, 5.41) is 8.87. The van der Waals surface area contributed by atoms with Gasteiger partial charge in [0.25, 0.3) is 0 Å². The highest BCUT2D eigenvalue weighted by Gasteiger charge is 2.18. The fraction of sp³-hybridized carbons (Fsp3) is 0.0769. The van der Waals surface area contributed by atoms with Crippen molar-refractivity contribution in [3.8, 4) is 11.1 Å². The molecule has 3 rings (SSSR count). The molecule has 3 heteroatoms. The van der Waals surface area contributed by atoms with Crippen LogP contribution in [0.1, 0.15) is 11.1 Å². The van der Waals surface area contributed by atoms with Crippen molar-refractivity contribution in [2.75, 3.05) is 5.48 Å². The van der Waals surface area contributed by atoms with E-state index in [1.165, 1.54) is 22.3 Å². The van der Waals surface area contributed by atoms with E-state index < -0.39 is 0 Å². The van der Waals surface area contributed by atoms with E-state index >= 15 is 0 Å². The maximum Gasteiger partial charge on any atom is 0.0605 e. The molecule has 2 aromatic rings. The normalized spacial score (nSPS) is 12.1. The first kappa shape index (κ1) is 9.87. The van der Waals surface area contributed by atoms with Crippen molar-refractivity contribution in [3.05, 3.63) is 52.0 Å². The lowest BCUT2D eigenvalue weighted by atomic mass is 10.1. The Morgan fingerprint density at radius 1 is 1.00 bits per heavy atom. The summed E-state index contributed by atoms with van der Waals surface area (Å²) in [6.07, 6.45) is 0.930. The first-order valence-electron chi connectivity index (χ1n) is 5.10. The van der Waals surface area contributed by atoms with Crippen LogP contribution in [-0.4, -0.2) is 5.21 Å². The van der Waals surface area contributed by atoms with Crippen molar-refractivity contribution < 1.29 is 5.21 Å². The standard InChI is InChI=1S/C13H10BrNO/c14-10-1-3-12-8(6-10)5-9-7-11(15-16)2-4-13(9)12/h1-4,6-7,15-16H,5H2. The highest BCUT2D eigenvalue weighted by atomic mass is 79.9. The van der Waals surface area contributed by atoms with E-state index in [-0.39, 0.29) is 0 Å². The van der Waals surface area contributed by atoms with Crippen LogP contribution >= 0.6 is 15.9 Å². The van der Waals surface area contributed by atoms with Gasteiger partial charge in [-0.15, -0.1) is 0 Å². The largest absolute Gasteiger partial charge is 0.291 e. The summed E-state index contributed by atoms with van der Waals surface area (Å²) in [5.41, 5.74) is 8.08. The molecule has 1 aliphatic carbocycles. The molecule has 2 nitrogen and oxygen atoms in total. The Hall–Kier alpha value is -1.32. The number of benzene rings is 2. The zero-order valence-electron chi connectivity index (χ0n) is 8.50. The summed E-state index contributed by atoms with van der Waals surface area (Å²) in [6, 6.07) is 12.3. The van der Waals surface area contributed by atoms with Gasteiger partial charge in [-0.25, -0.2) is 0 Å². The molecule has 0 amide bonds. The fourth-order valence-corrected chi connectivity index (χ4v) is 2.66. The van der Waals surface area contributed by atoms with Crippen LogP contribution in [0.5, 0.6) is 0 Å². The van der Waals surface area contributed by atoms with Crippen LogP contribution in [0.25, 0.3) is 11.1 Å². The second kappa shape index (κ2) is 3.61. The maximum absolute atomic E-state index is 8.87. The van der Waals surface area contributed by atoms with Crippen molar-refractivity contribution in [1.82, 2.24) is 0 Å². The predicted molar refractivity (Wildman–Crippen MR) is 67.8 cm³/mol. The lowest BCUT2D eigenvalue weighted by Crippen LogP contribution is -1.90. The summed E-state index contributed by atoms with van der Waals surface area (Å²) in [4.78, 5) is 0. The lowest BCUT2D eigenvalue weighted by Gasteiger charge is -2.03. The molecule has 0 bridgehead atoms. The van der Waals surface area contributed by atoms with E-state index in [1.807, 2.05) is 18.2 Å². The van der Waals surface area contributed by atoms with E-state index in [9.17, 15) is 0 Å². The molecule has 2 aromatic carbocycles. The third-order valence-corrected chi connectivity index (χ3v) is 3.47. The zero-order chi connectivity index (χ0) is 11.1. The van der Waals surface area contributed by atoms with Crippen LogP contribution in [-0.2, 0) is 6.42 Å². The van der Waals surface area contributed by atoms with Crippen molar-refractivity contribution in [2.24, 2.45) is 0 Å². The zero-order valence-corrected chi connectivity index (χ0v) is 10.1. The van der Waals surface area contributed by atoms with Gasteiger partial charge in [0, 0.05) is 4.47 Å². The van der Waals surface area contributed by atoms with Gasteiger partial charge < -0.3 is 0 Å². The van der Waals surface area contributed by atoms with Crippen LogP contribution < -0.4 is 5.48 Å². The molecule has 16 heavy (non-hydrogen) atoms. The van der Waals surface area contributed by atoms with Crippen LogP contribution in [0.4, 0.5) is 5.69 Å². The van der Waals surface area contributed by atoms with Gasteiger partial charge in [-0.05, 0) is 52.9 Å². The van der Waals surface area contributed by atoms with E-state index in [2.05, 4.69) is 39.6 Å². The molecular weight excluding hydrogens is 266 g/mol. The van der Waals surface area contributed by atoms with Gasteiger partial charge in [0.15, 0.2) is 0 Å². The molecule has 0 unspecified atom stereocenters. The fourth-order valence-electron chi connectivity index (χ4n) is 2.25. The lowest BCUT2D eigenvalue weighted by molar-refractivity contribution is 0.389. The Morgan fingerprint density at radius 2 is 1.69 bits per heavy atom. The molecule has 1 aliphatic rings. The number of hydrogen-bond donors (Lipinski definition) is 2. The molecule has 0 aromatic heterocycles. The van der Waals surface area contributed by atoms with Gasteiger partial charge in [0.05, 0.1) is 5.69 Å². The number of fused-ring (bicyclic) bond motifs is 3. The monoisotopic (exact) mass is 275 g/mol. The van der Waals surface area contributed by atoms with Crippen LogP contribution in [0.15, 0.2) is 40.9 Å². The minimum atomic E-state index is 0.741. The third-order valence-electron chi connectivity index (χ3n) is 2.97. The van der Waals surface area contributed by atoms with Gasteiger partial charge >= 0.3 is 0 Å². The Bertz CT molecular complexity index is 566. The van der Waals surface area contributed by atoms with Crippen LogP contribution in [0.3, 0.4) is 0 Å². The van der Waals surface area contributed by atoms with E-state index in [1.54, 1.807) is 0 Å². The van der Waals surface area contributed by atoms with Gasteiger partial charge in [-0.2, -0.15) is 0 Å². The number of halogens is 1. The third kappa shape index (κ3) is 1.44. The van der Waals surface area contributed by atoms with Crippen molar-refractivity contribution >= 4 is 21.6 Å². The summed E-state index contributed by atoms with van der Waals surface area (Å²) in [5.74, 6) is 0. The van der Waals surface area contributed by atoms with Gasteiger partial charge in [0.1, 0.15) is 0 Å². The number of rotatable bonds is 1. The Morgan fingerprint density at radius 3 is 2.44 bits per heavy atom. The van der Waals surface area contributed by atoms with E-state index in [0.29, 0.717) is 0 Å². The second-order valence-corrected chi connectivity index (χ2v) is 4.88. The summed E-state index contributed by atoms with van der Waals surface area (Å²) >= 11 is 3.49. The number of anilines is 1. The molecule has 0 saturated heterocycles. The molecule has 2 N–H and O–H groups in total. The van der Waals surface area contributed by atoms with Crippen molar-refractivity contribution in [3.63, 3.8) is 0 Å². The smallest absolute Gasteiger partial charge is 0.0605 e. The minimum Gasteiger partial charge on any atom is -0.291 e. The second-order valence-electron chi connectivity index (χ2n) is 3.96. The first-order valence-corrected chi connectivity index (χ1v) is 5.89. The molecule has 0 aliphatic heterocycles. The van der Waals surface area contributed by atoms with Crippen molar-refractivity contribution in [1.29, 1.82) is 0 Å². The summed E-state index contributed by atoms with van der Waals surface area (Å²) in [7, 11) is 0. The topological polar surface area (TPSA) is 32.3 Å².